The third kappa shape index (κ3) is 7.52. The van der Waals surface area contributed by atoms with Crippen molar-refractivity contribution in [3.05, 3.63) is 48.2 Å². The fourth-order valence-electron chi connectivity index (χ4n) is 2.10. The van der Waals surface area contributed by atoms with E-state index in [2.05, 4.69) is 29.6 Å². The van der Waals surface area contributed by atoms with E-state index < -0.39 is 27.3 Å². The zero-order chi connectivity index (χ0) is 23.0. The molecule has 0 fully saturated rings. The molecule has 0 spiro atoms. The zero-order valence-electron chi connectivity index (χ0n) is 15.1. The molecule has 0 saturated heterocycles. The van der Waals surface area contributed by atoms with Crippen molar-refractivity contribution in [1.82, 2.24) is 9.97 Å². The first kappa shape index (κ1) is 24.6. The molecule has 11 nitrogen and oxygen atoms in total. The first-order valence-electron chi connectivity index (χ1n) is 7.88. The SMILES string of the molecule is O=C(O)c1cc2occc2[nH]1.O=C(OCCl)c1cc2occc2[nH]1.O=S(=O)(Cl)OCCl. The molecule has 0 radical (unpaired) electrons. The van der Waals surface area contributed by atoms with Crippen LogP contribution in [0.4, 0.5) is 0 Å². The van der Waals surface area contributed by atoms with Crippen molar-refractivity contribution < 1.29 is 40.9 Å². The quantitative estimate of drug-likeness (QED) is 0.200. The number of nitrogens with one attached hydrogen (secondary N) is 2. The Morgan fingerprint density at radius 1 is 0.968 bits per heavy atom. The van der Waals surface area contributed by atoms with Crippen LogP contribution in [0.25, 0.3) is 22.2 Å². The van der Waals surface area contributed by atoms with Crippen LogP contribution in [0.5, 0.6) is 0 Å². The minimum Gasteiger partial charge on any atom is -0.477 e. The molecule has 0 aliphatic rings. The van der Waals surface area contributed by atoms with Gasteiger partial charge in [-0.05, 0) is 0 Å². The Morgan fingerprint density at radius 2 is 1.48 bits per heavy atom. The van der Waals surface area contributed by atoms with Gasteiger partial charge in [-0.15, -0.1) is 0 Å². The van der Waals surface area contributed by atoms with E-state index >= 15 is 0 Å². The Labute approximate surface area is 188 Å². The van der Waals surface area contributed by atoms with E-state index in [0.29, 0.717) is 22.4 Å². The van der Waals surface area contributed by atoms with Gasteiger partial charge in [0.2, 0.25) is 0 Å². The lowest BCUT2D eigenvalue weighted by molar-refractivity contribution is 0.0567. The third-order valence-electron chi connectivity index (χ3n) is 3.30. The van der Waals surface area contributed by atoms with Crippen LogP contribution >= 0.6 is 33.9 Å². The summed E-state index contributed by atoms with van der Waals surface area (Å²) in [5.74, 6) is -1.46. The fraction of sp³-hybridized carbons (Fsp3) is 0.125. The lowest BCUT2D eigenvalue weighted by atomic mass is 10.4. The van der Waals surface area contributed by atoms with Crippen LogP contribution in [-0.4, -0.2) is 47.6 Å². The Hall–Kier alpha value is -2.64. The second kappa shape index (κ2) is 11.1. The first-order chi connectivity index (χ1) is 14.6. The monoisotopic (exact) mass is 514 g/mol. The number of carboxylic acids is 1. The van der Waals surface area contributed by atoms with Crippen molar-refractivity contribution in [1.29, 1.82) is 0 Å². The lowest BCUT2D eigenvalue weighted by Gasteiger charge is -1.95. The molecule has 3 N–H and O–H groups in total. The van der Waals surface area contributed by atoms with Gasteiger partial charge in [0.05, 0.1) is 23.6 Å². The largest absolute Gasteiger partial charge is 0.477 e. The van der Waals surface area contributed by atoms with Crippen molar-refractivity contribution in [3.63, 3.8) is 0 Å². The molecule has 0 amide bonds. The normalized spacial score (nSPS) is 10.8. The number of fused-ring (bicyclic) bond motifs is 2. The molecule has 0 aromatic carbocycles. The topological polar surface area (TPSA) is 165 Å². The van der Waals surface area contributed by atoms with Crippen LogP contribution in [0.15, 0.2) is 45.6 Å². The number of rotatable bonds is 5. The molecule has 168 valence electrons. The molecule has 0 aliphatic carbocycles. The number of alkyl halides is 2. The summed E-state index contributed by atoms with van der Waals surface area (Å²) in [6, 6.07) is 5.85. The second-order valence-corrected chi connectivity index (χ2v) is 7.82. The van der Waals surface area contributed by atoms with Crippen LogP contribution in [0, 0.1) is 0 Å². The Morgan fingerprint density at radius 3 is 1.87 bits per heavy atom. The highest BCUT2D eigenvalue weighted by Gasteiger charge is 2.11. The van der Waals surface area contributed by atoms with Gasteiger partial charge in [-0.25, -0.2) is 13.8 Å². The average molecular weight is 516 g/mol. The zero-order valence-corrected chi connectivity index (χ0v) is 18.2. The van der Waals surface area contributed by atoms with E-state index in [1.807, 2.05) is 0 Å². The van der Waals surface area contributed by atoms with Gasteiger partial charge in [0.1, 0.15) is 17.5 Å². The number of H-pyrrole nitrogens is 2. The van der Waals surface area contributed by atoms with Crippen LogP contribution in [0.3, 0.4) is 0 Å². The van der Waals surface area contributed by atoms with Crippen molar-refractivity contribution >= 4 is 77.4 Å². The maximum Gasteiger partial charge on any atom is 0.356 e. The van der Waals surface area contributed by atoms with Crippen molar-refractivity contribution in [2.45, 2.75) is 0 Å². The lowest BCUT2D eigenvalue weighted by Crippen LogP contribution is -2.03. The summed E-state index contributed by atoms with van der Waals surface area (Å²) in [5.41, 5.74) is 3.17. The highest BCUT2D eigenvalue weighted by molar-refractivity contribution is 8.10. The molecule has 4 rings (SSSR count). The van der Waals surface area contributed by atoms with E-state index in [1.54, 1.807) is 18.2 Å². The fourth-order valence-corrected chi connectivity index (χ4v) is 2.93. The van der Waals surface area contributed by atoms with Crippen molar-refractivity contribution in [2.75, 3.05) is 12.1 Å². The van der Waals surface area contributed by atoms with Crippen LogP contribution < -0.4 is 0 Å². The van der Waals surface area contributed by atoms with Crippen molar-refractivity contribution in [3.8, 4) is 0 Å². The van der Waals surface area contributed by atoms with Gasteiger partial charge in [0, 0.05) is 34.9 Å². The van der Waals surface area contributed by atoms with Crippen molar-refractivity contribution in [2.24, 2.45) is 0 Å². The number of aromatic amines is 2. The highest BCUT2D eigenvalue weighted by atomic mass is 35.7. The number of halogens is 3. The first-order valence-corrected chi connectivity index (χ1v) is 11.2. The van der Waals surface area contributed by atoms with E-state index in [-0.39, 0.29) is 11.8 Å². The minimum atomic E-state index is -3.83. The number of carbonyl (C=O) groups is 2. The summed E-state index contributed by atoms with van der Waals surface area (Å²) in [6.07, 6.45) is 3.05. The number of esters is 1. The Balaban J connectivity index is 0.000000174. The van der Waals surface area contributed by atoms with E-state index in [9.17, 15) is 18.0 Å². The van der Waals surface area contributed by atoms with Gasteiger partial charge in [0.25, 0.3) is 0 Å². The molecule has 0 bridgehead atoms. The summed E-state index contributed by atoms with van der Waals surface area (Å²) in [4.78, 5) is 27.0. The van der Waals surface area contributed by atoms with E-state index in [4.69, 9.17) is 37.1 Å². The number of aromatic nitrogens is 2. The standard InChI is InChI=1S/C8H6ClNO3.C7H5NO3.CH2Cl2O3S/c9-4-13-8(11)6-3-7-5(10-6)1-2-12-7;9-7(10)5-3-6-4(8-5)1-2-11-6;2-1-6-7(3,4)5/h1-3,10H,4H2;1-3,8H,(H,9,10);1H2. The highest BCUT2D eigenvalue weighted by Crippen LogP contribution is 2.17. The molecule has 4 heterocycles. The molecule has 15 heteroatoms. The summed E-state index contributed by atoms with van der Waals surface area (Å²) in [6.45, 7) is 0. The van der Waals surface area contributed by atoms with Crippen LogP contribution in [0.1, 0.15) is 21.0 Å². The summed E-state index contributed by atoms with van der Waals surface area (Å²) in [5, 5.41) is 8.53. The molecule has 0 unspecified atom stereocenters. The number of hydrogen-bond acceptors (Lipinski definition) is 8. The van der Waals surface area contributed by atoms with Gasteiger partial charge in [-0.2, -0.15) is 8.42 Å². The van der Waals surface area contributed by atoms with Gasteiger partial charge in [0.15, 0.2) is 17.2 Å². The predicted molar refractivity (Wildman–Crippen MR) is 111 cm³/mol. The molecular formula is C16H13Cl3N2O9S. The molecule has 4 aromatic heterocycles. The maximum atomic E-state index is 11.1. The maximum absolute atomic E-state index is 11.1. The predicted octanol–water partition coefficient (Wildman–Crippen LogP) is 4.26. The molecule has 31 heavy (non-hydrogen) atoms. The minimum absolute atomic E-state index is 0.152. The molecule has 0 saturated carbocycles. The molecule has 4 aromatic rings. The Kier molecular flexibility index (Phi) is 8.83. The number of carboxylic acid groups (broad SMARTS) is 1. The summed E-state index contributed by atoms with van der Waals surface area (Å²) >= 11 is 10.0. The Bertz CT molecular complexity index is 1200. The van der Waals surface area contributed by atoms with Gasteiger partial charge in [-0.1, -0.05) is 23.2 Å². The number of aromatic carboxylic acids is 1. The smallest absolute Gasteiger partial charge is 0.356 e. The molecule has 0 aliphatic heterocycles. The van der Waals surface area contributed by atoms with Gasteiger partial charge in [-0.3, -0.25) is 0 Å². The van der Waals surface area contributed by atoms with E-state index in [1.165, 1.54) is 18.6 Å². The average Bonchev–Trinajstić information content (AvgIpc) is 3.41. The molecular weight excluding hydrogens is 503 g/mol. The van der Waals surface area contributed by atoms with Gasteiger partial charge < -0.3 is 28.6 Å². The summed E-state index contributed by atoms with van der Waals surface area (Å²) < 4.78 is 37.7. The summed E-state index contributed by atoms with van der Waals surface area (Å²) in [7, 11) is 0.665. The number of furan rings is 2. The van der Waals surface area contributed by atoms with Gasteiger partial charge >= 0.3 is 21.3 Å². The number of carbonyl (C=O) groups excluding carboxylic acids is 1. The number of hydrogen-bond donors (Lipinski definition) is 3. The van der Waals surface area contributed by atoms with Crippen LogP contribution in [0.2, 0.25) is 0 Å². The molecule has 0 atom stereocenters. The second-order valence-electron chi connectivity index (χ2n) is 5.23. The van der Waals surface area contributed by atoms with E-state index in [0.717, 1.165) is 5.52 Å². The number of ether oxygens (including phenoxy) is 1. The third-order valence-corrected chi connectivity index (χ3v) is 4.32. The van der Waals surface area contributed by atoms with Crippen LogP contribution in [-0.2, 0) is 18.3 Å².